The first-order valence-corrected chi connectivity index (χ1v) is 9.21. The molecule has 0 aromatic carbocycles. The molecule has 74 valence electrons. The highest BCUT2D eigenvalue weighted by Crippen LogP contribution is 2.86. The zero-order valence-electron chi connectivity index (χ0n) is 9.02. The van der Waals surface area contributed by atoms with Crippen LogP contribution in [0.5, 0.6) is 0 Å². The second-order valence-corrected chi connectivity index (χ2v) is 10.5. The van der Waals surface area contributed by atoms with Crippen molar-refractivity contribution in [3.63, 3.8) is 0 Å². The molecule has 6 fully saturated rings. The summed E-state index contributed by atoms with van der Waals surface area (Å²) in [6.45, 7) is 2.50. The van der Waals surface area contributed by atoms with Gasteiger partial charge in [-0.3, -0.25) is 0 Å². The van der Waals surface area contributed by atoms with Gasteiger partial charge in [-0.25, -0.2) is 0 Å². The average Bonchev–Trinajstić information content (AvgIpc) is 2.72. The van der Waals surface area contributed by atoms with E-state index in [-0.39, 0.29) is 14.1 Å². The van der Waals surface area contributed by atoms with Crippen molar-refractivity contribution in [3.8, 4) is 0 Å². The highest BCUT2D eigenvalue weighted by atomic mass is 27.2. The van der Waals surface area contributed by atoms with Crippen molar-refractivity contribution in [1.82, 2.24) is 0 Å². The van der Waals surface area contributed by atoms with Crippen molar-refractivity contribution in [2.45, 2.75) is 35.1 Å². The van der Waals surface area contributed by atoms with Gasteiger partial charge >= 0.3 is 0 Å². The Hall–Kier alpha value is 0.532. The monoisotopic (exact) mass is 202 g/mol. The van der Waals surface area contributed by atoms with Gasteiger partial charge in [-0.05, 0) is 47.8 Å². The summed E-state index contributed by atoms with van der Waals surface area (Å²) in [5.74, 6) is 9.08. The molecule has 8 unspecified atom stereocenters. The smallest absolute Gasteiger partial charge is 0.0965 e. The molecule has 0 radical (unpaired) electrons. The quantitative estimate of drug-likeness (QED) is 0.573. The lowest BCUT2D eigenvalue weighted by atomic mass is 9.86. The molecule has 0 amide bonds. The maximum atomic E-state index is 2.50. The first kappa shape index (κ1) is 7.75. The zero-order valence-corrected chi connectivity index (χ0v) is 10.2. The van der Waals surface area contributed by atoms with E-state index in [0.29, 0.717) is 0 Å². The van der Waals surface area contributed by atoms with Crippen LogP contribution in [0.4, 0.5) is 0 Å². The molecule has 1 saturated heterocycles. The highest BCUT2D eigenvalue weighted by molar-refractivity contribution is 6.61. The Bertz CT molecular complexity index is 312. The highest BCUT2D eigenvalue weighted by Gasteiger charge is 2.81. The van der Waals surface area contributed by atoms with Gasteiger partial charge in [0.15, 0.2) is 0 Å². The minimum Gasteiger partial charge on any atom is -0.0965 e. The van der Waals surface area contributed by atoms with Crippen LogP contribution in [0.25, 0.3) is 0 Å². The van der Waals surface area contributed by atoms with E-state index in [1.807, 2.05) is 0 Å². The Morgan fingerprint density at radius 1 is 1.00 bits per heavy atom. The van der Waals surface area contributed by atoms with E-state index in [9.17, 15) is 0 Å². The molecule has 5 saturated carbocycles. The third kappa shape index (κ3) is 0.582. The molecule has 0 spiro atoms. The van der Waals surface area contributed by atoms with E-state index in [0.717, 1.165) is 0 Å². The van der Waals surface area contributed by atoms with Gasteiger partial charge in [0, 0.05) is 0 Å². The number of hydrogen-bond donors (Lipinski definition) is 0. The van der Waals surface area contributed by atoms with E-state index in [4.69, 9.17) is 0 Å². The van der Waals surface area contributed by atoms with E-state index < -0.39 is 0 Å². The van der Waals surface area contributed by atoms with Crippen LogP contribution in [0.3, 0.4) is 0 Å². The molecule has 0 aromatic heterocycles. The molecule has 1 heterocycles. The molecular weight excluding hydrogens is 183 g/mol. The lowest BCUT2D eigenvalue weighted by Gasteiger charge is -2.26. The SMILES string of the molecule is C[CH2][Al]1[CH2]CC2C3C4CC5C3C5C4[CH]21. The Labute approximate surface area is 90.8 Å². The Balaban J connectivity index is 1.62. The molecule has 8 atom stereocenters. The van der Waals surface area contributed by atoms with Crippen LogP contribution in [0.2, 0.25) is 15.3 Å². The molecular formula is C13H19Al. The molecule has 14 heavy (non-hydrogen) atoms. The fourth-order valence-electron chi connectivity index (χ4n) is 7.09. The normalized spacial score (nSPS) is 70.5. The van der Waals surface area contributed by atoms with Crippen molar-refractivity contribution < 1.29 is 0 Å². The third-order valence-corrected chi connectivity index (χ3v) is 11.2. The van der Waals surface area contributed by atoms with E-state index in [2.05, 4.69) is 6.92 Å². The Morgan fingerprint density at radius 2 is 1.79 bits per heavy atom. The summed E-state index contributed by atoms with van der Waals surface area (Å²) in [7, 11) is 0. The lowest BCUT2D eigenvalue weighted by Crippen LogP contribution is -2.24. The average molecular weight is 202 g/mol. The van der Waals surface area contributed by atoms with Crippen LogP contribution in [-0.2, 0) is 0 Å². The summed E-state index contributed by atoms with van der Waals surface area (Å²) in [4.78, 5) is 0. The van der Waals surface area contributed by atoms with Crippen LogP contribution in [0, 0.1) is 41.4 Å². The summed E-state index contributed by atoms with van der Waals surface area (Å²) < 4.78 is 1.36. The van der Waals surface area contributed by atoms with Crippen LogP contribution in [0.15, 0.2) is 0 Å². The van der Waals surface area contributed by atoms with Gasteiger partial charge in [0.2, 0.25) is 0 Å². The van der Waals surface area contributed by atoms with Crippen molar-refractivity contribution >= 4 is 14.1 Å². The minimum absolute atomic E-state index is 0.239. The topological polar surface area (TPSA) is 0 Å². The van der Waals surface area contributed by atoms with Gasteiger partial charge in [-0.15, -0.1) is 0 Å². The molecule has 6 aliphatic rings. The second-order valence-electron chi connectivity index (χ2n) is 6.86. The summed E-state index contributed by atoms with van der Waals surface area (Å²) in [6.07, 6.45) is 3.38. The summed E-state index contributed by atoms with van der Waals surface area (Å²) >= 11 is -0.239. The van der Waals surface area contributed by atoms with Crippen LogP contribution in [-0.4, -0.2) is 14.1 Å². The third-order valence-electron chi connectivity index (χ3n) is 7.09. The molecule has 0 N–H and O–H groups in total. The molecule has 1 aliphatic heterocycles. The number of rotatable bonds is 1. The fraction of sp³-hybridized carbons (Fsp3) is 1.00. The van der Waals surface area contributed by atoms with Crippen LogP contribution < -0.4 is 0 Å². The summed E-state index contributed by atoms with van der Waals surface area (Å²) in [5.41, 5.74) is 0. The summed E-state index contributed by atoms with van der Waals surface area (Å²) in [6, 6.07) is 0. The minimum atomic E-state index is -0.239. The lowest BCUT2D eigenvalue weighted by molar-refractivity contribution is 0.315. The van der Waals surface area contributed by atoms with Gasteiger partial charge in [0.1, 0.15) is 0 Å². The van der Waals surface area contributed by atoms with Gasteiger partial charge in [0.25, 0.3) is 14.1 Å². The maximum absolute atomic E-state index is 2.50. The van der Waals surface area contributed by atoms with Crippen LogP contribution >= 0.6 is 0 Å². The standard InChI is InChI=1S/C11H14.C2H5.Al/c1-2-5-3-6-7-4-8-10(6)11(8)9(5)7;1-2;/h3,5-11H,1-2,4H2;1H2,2H3;. The van der Waals surface area contributed by atoms with E-state index in [1.165, 1.54) is 46.2 Å². The zero-order chi connectivity index (χ0) is 9.02. The molecule has 5 aliphatic carbocycles. The van der Waals surface area contributed by atoms with Gasteiger partial charge in [-0.2, -0.15) is 0 Å². The fourth-order valence-corrected chi connectivity index (χ4v) is 11.6. The molecule has 0 aromatic rings. The van der Waals surface area contributed by atoms with Crippen molar-refractivity contribution in [1.29, 1.82) is 0 Å². The van der Waals surface area contributed by atoms with E-state index in [1.54, 1.807) is 23.4 Å². The first-order chi connectivity index (χ1) is 6.92. The molecule has 6 bridgehead atoms. The van der Waals surface area contributed by atoms with Crippen molar-refractivity contribution in [3.05, 3.63) is 0 Å². The maximum Gasteiger partial charge on any atom is 0.266 e. The number of fused-ring (bicyclic) bond motifs is 1. The summed E-state index contributed by atoms with van der Waals surface area (Å²) in [5, 5.41) is 3.36. The second kappa shape index (κ2) is 2.14. The molecule has 1 heteroatoms. The van der Waals surface area contributed by atoms with E-state index >= 15 is 0 Å². The van der Waals surface area contributed by atoms with Crippen LogP contribution in [0.1, 0.15) is 19.8 Å². The molecule has 6 rings (SSSR count). The van der Waals surface area contributed by atoms with Crippen molar-refractivity contribution in [2.75, 3.05) is 0 Å². The largest absolute Gasteiger partial charge is 0.266 e. The molecule has 0 nitrogen and oxygen atoms in total. The number of hydrogen-bond acceptors (Lipinski definition) is 0. The predicted molar refractivity (Wildman–Crippen MR) is 58.5 cm³/mol. The Morgan fingerprint density at radius 3 is 2.57 bits per heavy atom. The Kier molecular flexibility index (Phi) is 1.18. The predicted octanol–water partition coefficient (Wildman–Crippen LogP) is 3.03. The van der Waals surface area contributed by atoms with Gasteiger partial charge in [0.05, 0.1) is 0 Å². The van der Waals surface area contributed by atoms with Crippen molar-refractivity contribution in [2.24, 2.45) is 41.4 Å². The van der Waals surface area contributed by atoms with Gasteiger partial charge in [-0.1, -0.05) is 28.7 Å². The first-order valence-electron chi connectivity index (χ1n) is 6.92. The van der Waals surface area contributed by atoms with Gasteiger partial charge < -0.3 is 0 Å².